The highest BCUT2D eigenvalue weighted by atomic mass is 16.3. The summed E-state index contributed by atoms with van der Waals surface area (Å²) >= 11 is 0. The number of benzene rings is 1. The molecule has 0 saturated carbocycles. The lowest BCUT2D eigenvalue weighted by molar-refractivity contribution is -0.114. The smallest absolute Gasteiger partial charge is 0.252 e. The van der Waals surface area contributed by atoms with Gasteiger partial charge in [0.1, 0.15) is 5.76 Å². The summed E-state index contributed by atoms with van der Waals surface area (Å²) in [6.45, 7) is 11.0. The van der Waals surface area contributed by atoms with Crippen LogP contribution in [0.3, 0.4) is 0 Å². The Kier molecular flexibility index (Phi) is 6.64. The fraction of sp³-hybridized carbons (Fsp3) is 0.484. The van der Waals surface area contributed by atoms with E-state index in [1.807, 2.05) is 40.0 Å². The van der Waals surface area contributed by atoms with Gasteiger partial charge in [0.2, 0.25) is 0 Å². The van der Waals surface area contributed by atoms with Crippen molar-refractivity contribution >= 4 is 17.4 Å². The van der Waals surface area contributed by atoms with Gasteiger partial charge < -0.3 is 15.7 Å². The van der Waals surface area contributed by atoms with Crippen LogP contribution in [0, 0.1) is 24.7 Å². The van der Waals surface area contributed by atoms with Crippen molar-refractivity contribution in [2.75, 3.05) is 46.2 Å². The van der Waals surface area contributed by atoms with Crippen molar-refractivity contribution < 1.29 is 14.7 Å². The maximum atomic E-state index is 14.4. The maximum absolute atomic E-state index is 14.4. The number of allylic oxidation sites excluding steroid dienone is 2. The first-order valence-corrected chi connectivity index (χ1v) is 13.5. The topological polar surface area (TPSA) is 90.1 Å². The van der Waals surface area contributed by atoms with Gasteiger partial charge in [-0.1, -0.05) is 24.3 Å². The molecule has 7 heteroatoms. The highest BCUT2D eigenvalue weighted by Gasteiger charge is 2.50. The second-order valence-corrected chi connectivity index (χ2v) is 11.9. The van der Waals surface area contributed by atoms with E-state index in [1.54, 1.807) is 0 Å². The Labute approximate surface area is 226 Å². The molecule has 7 nitrogen and oxygen atoms in total. The molecule has 0 saturated heterocycles. The van der Waals surface area contributed by atoms with Crippen LogP contribution in [0.1, 0.15) is 40.4 Å². The van der Waals surface area contributed by atoms with Gasteiger partial charge in [0.15, 0.2) is 5.78 Å². The molecule has 3 unspecified atom stereocenters. The molecule has 3 aliphatic carbocycles. The SMILES string of the molecule is C=C1C(C(N)=O)=C(O)[C@@H](N(C)C)C2CC3Cc4c(N(C)C)cc(CN5CC=CC5)c(C)c4C(=O)C3=C(C)C12. The number of anilines is 1. The second kappa shape index (κ2) is 9.54. The fourth-order valence-corrected chi connectivity index (χ4v) is 7.58. The van der Waals surface area contributed by atoms with Gasteiger partial charge in [-0.3, -0.25) is 19.4 Å². The number of hydrogen-bond donors (Lipinski definition) is 2. The molecule has 0 radical (unpaired) electrons. The third kappa shape index (κ3) is 3.95. The molecule has 38 heavy (non-hydrogen) atoms. The minimum absolute atomic E-state index is 0.00148. The molecular weight excluding hydrogens is 476 g/mol. The van der Waals surface area contributed by atoms with Crippen molar-refractivity contribution in [3.8, 4) is 0 Å². The average Bonchev–Trinajstić information content (AvgIpc) is 3.32. The van der Waals surface area contributed by atoms with Gasteiger partial charge in [0.05, 0.1) is 11.6 Å². The van der Waals surface area contributed by atoms with Crippen molar-refractivity contribution in [2.24, 2.45) is 23.5 Å². The molecule has 0 fully saturated rings. The Balaban J connectivity index is 1.65. The van der Waals surface area contributed by atoms with Crippen molar-refractivity contribution in [3.05, 3.63) is 75.1 Å². The molecule has 5 rings (SSSR count). The van der Waals surface area contributed by atoms with Crippen LogP contribution in [0.5, 0.6) is 0 Å². The number of aliphatic hydroxyl groups is 1. The Morgan fingerprint density at radius 2 is 1.84 bits per heavy atom. The third-order valence-electron chi connectivity index (χ3n) is 9.20. The van der Waals surface area contributed by atoms with E-state index >= 15 is 0 Å². The van der Waals surface area contributed by atoms with Crippen molar-refractivity contribution in [1.82, 2.24) is 9.80 Å². The van der Waals surface area contributed by atoms with Gasteiger partial charge >= 0.3 is 0 Å². The van der Waals surface area contributed by atoms with Gasteiger partial charge in [-0.15, -0.1) is 0 Å². The monoisotopic (exact) mass is 516 g/mol. The van der Waals surface area contributed by atoms with E-state index in [0.717, 1.165) is 66.0 Å². The number of rotatable bonds is 5. The summed E-state index contributed by atoms with van der Waals surface area (Å²) < 4.78 is 0. The molecular formula is C31H40N4O3. The summed E-state index contributed by atoms with van der Waals surface area (Å²) in [7, 11) is 7.91. The number of nitrogens with zero attached hydrogens (tertiary/aromatic N) is 3. The van der Waals surface area contributed by atoms with Gasteiger partial charge in [-0.05, 0) is 81.0 Å². The summed E-state index contributed by atoms with van der Waals surface area (Å²) in [5.41, 5.74) is 13.5. The standard InChI is InChI=1S/C31H40N4O3/c1-16-20(15-35-10-8-9-11-35)14-23(33(4)5)21-12-19-13-22-24(17(2)25(19)29(36)26(16)21)18(3)27(31(32)38)30(37)28(22)34(6)7/h8-9,14,19,22,24,28,37H,3,10-13,15H2,1-2,4-7H3,(H2,32,38)/t19?,22?,24?,28-/m0/s1. The van der Waals surface area contributed by atoms with Crippen molar-refractivity contribution in [2.45, 2.75) is 39.3 Å². The summed E-state index contributed by atoms with van der Waals surface area (Å²) in [4.78, 5) is 33.3. The first-order chi connectivity index (χ1) is 17.9. The van der Waals surface area contributed by atoms with Crippen LogP contribution in [0.25, 0.3) is 0 Å². The predicted molar refractivity (Wildman–Crippen MR) is 151 cm³/mol. The zero-order chi connectivity index (χ0) is 27.6. The lowest BCUT2D eigenvalue weighted by Crippen LogP contribution is -2.50. The minimum atomic E-state index is -0.675. The van der Waals surface area contributed by atoms with Crippen LogP contribution in [0.4, 0.5) is 5.69 Å². The number of amides is 1. The summed E-state index contributed by atoms with van der Waals surface area (Å²) in [6, 6.07) is 1.90. The first kappa shape index (κ1) is 26.4. The number of aliphatic hydroxyl groups excluding tert-OH is 1. The van der Waals surface area contributed by atoms with E-state index in [2.05, 4.69) is 41.5 Å². The molecule has 4 aliphatic rings. The van der Waals surface area contributed by atoms with E-state index in [0.29, 0.717) is 5.57 Å². The highest BCUT2D eigenvalue weighted by Crippen LogP contribution is 2.53. The number of nitrogens with two attached hydrogens (primary N) is 1. The Morgan fingerprint density at radius 3 is 2.42 bits per heavy atom. The molecule has 0 aromatic heterocycles. The molecule has 0 spiro atoms. The number of ketones is 1. The van der Waals surface area contributed by atoms with Crippen molar-refractivity contribution in [1.29, 1.82) is 0 Å². The molecule has 1 aliphatic heterocycles. The number of carbonyl (C=O) groups is 2. The van der Waals surface area contributed by atoms with Crippen molar-refractivity contribution in [3.63, 3.8) is 0 Å². The molecule has 1 aromatic rings. The molecule has 0 bridgehead atoms. The van der Waals surface area contributed by atoms with E-state index in [-0.39, 0.29) is 40.9 Å². The molecule has 1 amide bonds. The molecule has 202 valence electrons. The molecule has 3 N–H and O–H groups in total. The van der Waals surface area contributed by atoms with Crippen LogP contribution in [0.15, 0.2) is 52.8 Å². The summed E-state index contributed by atoms with van der Waals surface area (Å²) in [5, 5.41) is 11.2. The fourth-order valence-electron chi connectivity index (χ4n) is 7.58. The lowest BCUT2D eigenvalue weighted by atomic mass is 9.58. The van der Waals surface area contributed by atoms with Crippen LogP contribution in [-0.4, -0.2) is 73.9 Å². The molecule has 1 heterocycles. The Bertz CT molecular complexity index is 1320. The van der Waals surface area contributed by atoms with E-state index in [4.69, 9.17) is 5.73 Å². The first-order valence-electron chi connectivity index (χ1n) is 13.5. The van der Waals surface area contributed by atoms with Gasteiger partial charge in [0, 0.05) is 56.5 Å². The predicted octanol–water partition coefficient (Wildman–Crippen LogP) is 3.54. The summed E-state index contributed by atoms with van der Waals surface area (Å²) in [6.07, 6.45) is 5.88. The zero-order valence-corrected chi connectivity index (χ0v) is 23.5. The van der Waals surface area contributed by atoms with E-state index in [9.17, 15) is 14.7 Å². The average molecular weight is 517 g/mol. The summed E-state index contributed by atoms with van der Waals surface area (Å²) in [5.74, 6) is -0.757. The maximum Gasteiger partial charge on any atom is 0.252 e. The Hall–Kier alpha value is -3.16. The number of carbonyl (C=O) groups excluding carboxylic acids is 2. The highest BCUT2D eigenvalue weighted by molar-refractivity contribution is 6.14. The number of fused-ring (bicyclic) bond motifs is 3. The van der Waals surface area contributed by atoms with E-state index in [1.165, 1.54) is 5.56 Å². The van der Waals surface area contributed by atoms with Crippen LogP contribution in [0.2, 0.25) is 0 Å². The normalized spacial score (nSPS) is 27.1. The molecule has 4 atom stereocenters. The van der Waals surface area contributed by atoms with Crippen LogP contribution >= 0.6 is 0 Å². The van der Waals surface area contributed by atoms with E-state index < -0.39 is 5.91 Å². The van der Waals surface area contributed by atoms with Gasteiger partial charge in [0.25, 0.3) is 5.91 Å². The number of primary amides is 1. The molecule has 1 aromatic carbocycles. The van der Waals surface area contributed by atoms with Gasteiger partial charge in [-0.25, -0.2) is 0 Å². The Morgan fingerprint density at radius 1 is 1.18 bits per heavy atom. The number of hydrogen-bond acceptors (Lipinski definition) is 6. The third-order valence-corrected chi connectivity index (χ3v) is 9.20. The van der Waals surface area contributed by atoms with Gasteiger partial charge in [-0.2, -0.15) is 0 Å². The second-order valence-electron chi connectivity index (χ2n) is 11.9. The number of Topliss-reactive ketones (excluding diaryl/α,β-unsaturated/α-hetero) is 1. The quantitative estimate of drug-likeness (QED) is 0.582. The zero-order valence-electron chi connectivity index (χ0n) is 23.5. The number of likely N-dealkylation sites (N-methyl/N-ethyl adjacent to an activating group) is 1. The largest absolute Gasteiger partial charge is 0.510 e. The lowest BCUT2D eigenvalue weighted by Gasteiger charge is -2.49. The van der Waals surface area contributed by atoms with Crippen LogP contribution in [-0.2, 0) is 17.8 Å². The minimum Gasteiger partial charge on any atom is -0.510 e. The van der Waals surface area contributed by atoms with Crippen LogP contribution < -0.4 is 10.6 Å².